The van der Waals surface area contributed by atoms with Crippen LogP contribution in [0.4, 0.5) is 0 Å². The van der Waals surface area contributed by atoms with Crippen LogP contribution in [0.3, 0.4) is 0 Å². The molecule has 0 N–H and O–H groups in total. The molecule has 0 aliphatic carbocycles. The van der Waals surface area contributed by atoms with E-state index < -0.39 is 0 Å². The standard InChI is InChI=1S/C28H31N3O3S/c1-4-33-22-13-11-21(12-14-22)31-26-10-6-5-9-25(26)29-28(31)35-18-27(32)24-16-19(2)30(20(24)3)17-23-8-7-15-34-23/h5-6,9-14,16,23H,4,7-8,15,17-18H2,1-3H3. The number of hydrogen-bond donors (Lipinski definition) is 0. The van der Waals surface area contributed by atoms with Crippen LogP contribution in [-0.4, -0.2) is 45.0 Å². The maximum Gasteiger partial charge on any atom is 0.175 e. The van der Waals surface area contributed by atoms with E-state index >= 15 is 0 Å². The van der Waals surface area contributed by atoms with Gasteiger partial charge in [-0.3, -0.25) is 9.36 Å². The van der Waals surface area contributed by atoms with Crippen molar-refractivity contribution in [2.75, 3.05) is 19.0 Å². The molecule has 4 aromatic rings. The number of ether oxygens (including phenoxy) is 2. The number of rotatable bonds is 9. The van der Waals surface area contributed by atoms with Gasteiger partial charge in [-0.15, -0.1) is 0 Å². The van der Waals surface area contributed by atoms with Gasteiger partial charge >= 0.3 is 0 Å². The molecule has 1 saturated heterocycles. The lowest BCUT2D eigenvalue weighted by molar-refractivity contribution is 0.0957. The van der Waals surface area contributed by atoms with E-state index in [1.54, 1.807) is 0 Å². The monoisotopic (exact) mass is 489 g/mol. The second-order valence-electron chi connectivity index (χ2n) is 8.89. The van der Waals surface area contributed by atoms with Crippen molar-refractivity contribution < 1.29 is 14.3 Å². The molecule has 0 amide bonds. The van der Waals surface area contributed by atoms with Crippen LogP contribution >= 0.6 is 11.8 Å². The van der Waals surface area contributed by atoms with Crippen LogP contribution in [0.5, 0.6) is 5.75 Å². The van der Waals surface area contributed by atoms with Gasteiger partial charge in [0.05, 0.1) is 29.5 Å². The van der Waals surface area contributed by atoms with Gasteiger partial charge in [-0.1, -0.05) is 23.9 Å². The van der Waals surface area contributed by atoms with Gasteiger partial charge in [-0.2, -0.15) is 0 Å². The van der Waals surface area contributed by atoms with Crippen molar-refractivity contribution in [2.24, 2.45) is 0 Å². The van der Waals surface area contributed by atoms with Crippen LogP contribution in [-0.2, 0) is 11.3 Å². The van der Waals surface area contributed by atoms with E-state index in [-0.39, 0.29) is 11.9 Å². The number of aromatic nitrogens is 3. The molecule has 35 heavy (non-hydrogen) atoms. The van der Waals surface area contributed by atoms with Crippen molar-refractivity contribution in [1.82, 2.24) is 14.1 Å². The molecule has 2 aromatic heterocycles. The Balaban J connectivity index is 1.38. The van der Waals surface area contributed by atoms with Gasteiger partial charge in [-0.25, -0.2) is 4.98 Å². The number of ketones is 1. The van der Waals surface area contributed by atoms with Crippen molar-refractivity contribution in [2.45, 2.75) is 51.4 Å². The first-order valence-electron chi connectivity index (χ1n) is 12.2. The topological polar surface area (TPSA) is 58.3 Å². The maximum absolute atomic E-state index is 13.3. The van der Waals surface area contributed by atoms with Gasteiger partial charge in [0.2, 0.25) is 0 Å². The minimum atomic E-state index is 0.118. The van der Waals surface area contributed by atoms with E-state index in [0.29, 0.717) is 12.4 Å². The molecular formula is C28H31N3O3S. The van der Waals surface area contributed by atoms with Gasteiger partial charge < -0.3 is 14.0 Å². The molecule has 1 aliphatic rings. The Hall–Kier alpha value is -3.03. The molecule has 6 nitrogen and oxygen atoms in total. The summed E-state index contributed by atoms with van der Waals surface area (Å²) in [7, 11) is 0. The van der Waals surface area contributed by atoms with Crippen molar-refractivity contribution >= 4 is 28.6 Å². The minimum absolute atomic E-state index is 0.118. The summed E-state index contributed by atoms with van der Waals surface area (Å²) in [5.41, 5.74) is 5.83. The van der Waals surface area contributed by atoms with E-state index in [2.05, 4.69) is 22.1 Å². The quantitative estimate of drug-likeness (QED) is 0.213. The second-order valence-corrected chi connectivity index (χ2v) is 9.83. The van der Waals surface area contributed by atoms with Crippen molar-refractivity contribution in [3.05, 3.63) is 71.5 Å². The fourth-order valence-corrected chi connectivity index (χ4v) is 5.68. The molecule has 0 spiro atoms. The van der Waals surface area contributed by atoms with Crippen LogP contribution in [0.25, 0.3) is 16.7 Å². The predicted molar refractivity (Wildman–Crippen MR) is 140 cm³/mol. The van der Waals surface area contributed by atoms with E-state index in [4.69, 9.17) is 14.5 Å². The average Bonchev–Trinajstić information content (AvgIpc) is 3.58. The molecule has 0 bridgehead atoms. The lowest BCUT2D eigenvalue weighted by Gasteiger charge is -2.14. The molecule has 1 fully saturated rings. The number of fused-ring (bicyclic) bond motifs is 1. The number of hydrogen-bond acceptors (Lipinski definition) is 5. The summed E-state index contributed by atoms with van der Waals surface area (Å²) in [6.45, 7) is 8.35. The molecule has 2 aromatic carbocycles. The number of carbonyl (C=O) groups excluding carboxylic acids is 1. The number of aryl methyl sites for hydroxylation is 1. The number of imidazole rings is 1. The summed E-state index contributed by atoms with van der Waals surface area (Å²) in [5, 5.41) is 0.803. The normalized spacial score (nSPS) is 15.7. The summed E-state index contributed by atoms with van der Waals surface area (Å²) in [4.78, 5) is 18.1. The lowest BCUT2D eigenvalue weighted by Crippen LogP contribution is -2.17. The molecular weight excluding hydrogens is 458 g/mol. The van der Waals surface area contributed by atoms with Crippen molar-refractivity contribution in [1.29, 1.82) is 0 Å². The highest BCUT2D eigenvalue weighted by Gasteiger charge is 2.22. The molecule has 0 radical (unpaired) electrons. The number of thioether (sulfide) groups is 1. The van der Waals surface area contributed by atoms with Gasteiger partial charge in [0.15, 0.2) is 10.9 Å². The van der Waals surface area contributed by atoms with Crippen LogP contribution in [0.1, 0.15) is 41.5 Å². The first kappa shape index (κ1) is 23.7. The third-order valence-electron chi connectivity index (χ3n) is 6.55. The predicted octanol–water partition coefficient (Wildman–Crippen LogP) is 6.00. The molecule has 1 aliphatic heterocycles. The number of para-hydroxylation sites is 2. The Kier molecular flexibility index (Phi) is 6.97. The molecule has 1 unspecified atom stereocenters. The van der Waals surface area contributed by atoms with E-state index in [9.17, 15) is 4.79 Å². The van der Waals surface area contributed by atoms with Crippen molar-refractivity contribution in [3.8, 4) is 11.4 Å². The number of Topliss-reactive ketones (excluding diaryl/α,β-unsaturated/α-hetero) is 1. The Bertz CT molecular complexity index is 1330. The smallest absolute Gasteiger partial charge is 0.175 e. The van der Waals surface area contributed by atoms with Crippen molar-refractivity contribution in [3.63, 3.8) is 0 Å². The Labute approximate surface area is 210 Å². The summed E-state index contributed by atoms with van der Waals surface area (Å²) >= 11 is 1.48. The number of nitrogens with zero attached hydrogens (tertiary/aromatic N) is 3. The highest BCUT2D eigenvalue weighted by Crippen LogP contribution is 2.30. The van der Waals surface area contributed by atoms with Gasteiger partial charge in [0, 0.05) is 35.8 Å². The Morgan fingerprint density at radius 3 is 2.71 bits per heavy atom. The Morgan fingerprint density at radius 1 is 1.17 bits per heavy atom. The summed E-state index contributed by atoms with van der Waals surface area (Å²) in [6.07, 6.45) is 2.44. The third-order valence-corrected chi connectivity index (χ3v) is 7.49. The summed E-state index contributed by atoms with van der Waals surface area (Å²) in [6, 6.07) is 18.1. The van der Waals surface area contributed by atoms with Crippen LogP contribution in [0.15, 0.2) is 59.8 Å². The first-order chi connectivity index (χ1) is 17.0. The van der Waals surface area contributed by atoms with E-state index in [0.717, 1.165) is 70.6 Å². The lowest BCUT2D eigenvalue weighted by atomic mass is 10.2. The molecule has 5 rings (SSSR count). The van der Waals surface area contributed by atoms with E-state index in [1.165, 1.54) is 11.8 Å². The van der Waals surface area contributed by atoms with Crippen LogP contribution in [0, 0.1) is 13.8 Å². The second kappa shape index (κ2) is 10.3. The molecule has 0 saturated carbocycles. The number of benzene rings is 2. The first-order valence-corrected chi connectivity index (χ1v) is 13.2. The molecule has 182 valence electrons. The highest BCUT2D eigenvalue weighted by atomic mass is 32.2. The zero-order valence-electron chi connectivity index (χ0n) is 20.5. The van der Waals surface area contributed by atoms with Crippen LogP contribution in [0.2, 0.25) is 0 Å². The maximum atomic E-state index is 13.3. The third kappa shape index (κ3) is 4.88. The van der Waals surface area contributed by atoms with Crippen LogP contribution < -0.4 is 4.74 Å². The average molecular weight is 490 g/mol. The molecule has 3 heterocycles. The Morgan fingerprint density at radius 2 is 1.97 bits per heavy atom. The summed E-state index contributed by atoms with van der Waals surface area (Å²) in [5.74, 6) is 1.28. The van der Waals surface area contributed by atoms with E-state index in [1.807, 2.05) is 62.4 Å². The molecule has 7 heteroatoms. The zero-order chi connectivity index (χ0) is 24.4. The zero-order valence-corrected chi connectivity index (χ0v) is 21.3. The SMILES string of the molecule is CCOc1ccc(-n2c(SCC(=O)c3cc(C)n(CC4CCCO4)c3C)nc3ccccc32)cc1. The highest BCUT2D eigenvalue weighted by molar-refractivity contribution is 7.99. The fraction of sp³-hybridized carbons (Fsp3) is 0.357. The van der Waals surface area contributed by atoms with Gasteiger partial charge in [-0.05, 0) is 76.1 Å². The largest absolute Gasteiger partial charge is 0.494 e. The summed E-state index contributed by atoms with van der Waals surface area (Å²) < 4.78 is 15.8. The fourth-order valence-electron chi connectivity index (χ4n) is 4.77. The molecule has 1 atom stereocenters. The number of carbonyl (C=O) groups is 1. The van der Waals surface area contributed by atoms with Gasteiger partial charge in [0.25, 0.3) is 0 Å². The van der Waals surface area contributed by atoms with Gasteiger partial charge in [0.1, 0.15) is 5.75 Å². The minimum Gasteiger partial charge on any atom is -0.494 e.